The van der Waals surface area contributed by atoms with Gasteiger partial charge in [-0.25, -0.2) is 4.39 Å². The topological polar surface area (TPSA) is 43.2 Å². The predicted molar refractivity (Wildman–Crippen MR) is 96.4 cm³/mol. The van der Waals surface area contributed by atoms with E-state index in [2.05, 4.69) is 0 Å². The van der Waals surface area contributed by atoms with Crippen LogP contribution in [0.5, 0.6) is 0 Å². The molecule has 1 aromatic rings. The molecule has 0 amide bonds. The van der Waals surface area contributed by atoms with E-state index in [9.17, 15) is 14.0 Å². The van der Waals surface area contributed by atoms with Gasteiger partial charge in [-0.2, -0.15) is 0 Å². The Morgan fingerprint density at radius 3 is 2.00 bits per heavy atom. The van der Waals surface area contributed by atoms with Gasteiger partial charge >= 0.3 is 0 Å². The van der Waals surface area contributed by atoms with Crippen molar-refractivity contribution < 1.29 is 14.0 Å². The monoisotopic (exact) mass is 351 g/mol. The summed E-state index contributed by atoms with van der Waals surface area (Å²) in [5.74, 6) is -0.231. The highest BCUT2D eigenvalue weighted by atomic mass is 19.1. The van der Waals surface area contributed by atoms with Gasteiger partial charge in [0.15, 0.2) is 0 Å². The fourth-order valence-electron chi connectivity index (χ4n) is 2.89. The van der Waals surface area contributed by atoms with E-state index in [1.54, 1.807) is 6.07 Å². The molecule has 1 aliphatic carbocycles. The standard InChI is InChI=1S/C12H13N3O2.C7H6BF/c16-9-7-8(13-1-2-13)12(17)11(15-5-6-15)10(9)14-3-4-14;1-5-2-3-6(9)4-7(5)8/h7H,1-6H2;2-4H,1H3. The first-order chi connectivity index (χ1) is 12.5. The maximum atomic E-state index is 12.4. The Labute approximate surface area is 153 Å². The number of aryl methyl sites for hydroxylation is 1. The van der Waals surface area contributed by atoms with E-state index in [0.29, 0.717) is 22.6 Å². The van der Waals surface area contributed by atoms with E-state index in [1.165, 1.54) is 18.2 Å². The van der Waals surface area contributed by atoms with Crippen LogP contribution in [0.1, 0.15) is 5.56 Å². The largest absolute Gasteiger partial charge is 0.365 e. The molecule has 7 heteroatoms. The van der Waals surface area contributed by atoms with Gasteiger partial charge in [0.2, 0.25) is 11.6 Å². The van der Waals surface area contributed by atoms with Crippen molar-refractivity contribution in [3.63, 3.8) is 0 Å². The van der Waals surface area contributed by atoms with Crippen molar-refractivity contribution in [3.8, 4) is 0 Å². The quantitative estimate of drug-likeness (QED) is 0.439. The Kier molecular flexibility index (Phi) is 4.09. The Morgan fingerprint density at radius 2 is 1.50 bits per heavy atom. The fourth-order valence-corrected chi connectivity index (χ4v) is 2.89. The van der Waals surface area contributed by atoms with Crippen LogP contribution in [0.15, 0.2) is 41.4 Å². The summed E-state index contributed by atoms with van der Waals surface area (Å²) in [7, 11) is 5.38. The number of Topliss-reactive ketones (excluding diaryl/α,β-unsaturated/α-hetero) is 1. The van der Waals surface area contributed by atoms with Crippen molar-refractivity contribution in [1.29, 1.82) is 0 Å². The molecule has 5 rings (SSSR count). The van der Waals surface area contributed by atoms with Gasteiger partial charge in [-0.1, -0.05) is 17.1 Å². The van der Waals surface area contributed by atoms with Gasteiger partial charge in [-0.3, -0.25) is 9.59 Å². The van der Waals surface area contributed by atoms with Crippen molar-refractivity contribution in [2.45, 2.75) is 6.92 Å². The minimum absolute atomic E-state index is 0.00546. The van der Waals surface area contributed by atoms with Gasteiger partial charge in [0.25, 0.3) is 0 Å². The number of benzene rings is 1. The highest BCUT2D eigenvalue weighted by Crippen LogP contribution is 2.33. The lowest BCUT2D eigenvalue weighted by Crippen LogP contribution is -2.29. The van der Waals surface area contributed by atoms with E-state index in [-0.39, 0.29) is 17.4 Å². The third kappa shape index (κ3) is 3.38. The SMILES string of the molecule is O=C1C=C(N2CC2)C(=O)C(N2CC2)=C1N1CC1.[B]c1cc(F)ccc1C. The van der Waals surface area contributed by atoms with Crippen LogP contribution in [0, 0.1) is 12.7 Å². The van der Waals surface area contributed by atoms with E-state index in [4.69, 9.17) is 7.85 Å². The summed E-state index contributed by atoms with van der Waals surface area (Å²) in [5.41, 5.74) is 3.31. The summed E-state index contributed by atoms with van der Waals surface area (Å²) in [6, 6.07) is 4.37. The average molecular weight is 351 g/mol. The minimum atomic E-state index is -0.280. The van der Waals surface area contributed by atoms with Crippen LogP contribution < -0.4 is 5.46 Å². The first-order valence-electron chi connectivity index (χ1n) is 8.77. The molecule has 3 fully saturated rings. The van der Waals surface area contributed by atoms with Crippen molar-refractivity contribution >= 4 is 24.9 Å². The lowest BCUT2D eigenvalue weighted by molar-refractivity contribution is -0.117. The maximum absolute atomic E-state index is 12.4. The van der Waals surface area contributed by atoms with E-state index in [0.717, 1.165) is 44.8 Å². The summed E-state index contributed by atoms with van der Waals surface area (Å²) in [6.45, 7) is 7.25. The average Bonchev–Trinajstić information content (AvgIpc) is 3.47. The maximum Gasteiger partial charge on any atom is 0.227 e. The van der Waals surface area contributed by atoms with Gasteiger partial charge in [0, 0.05) is 45.3 Å². The second-order valence-corrected chi connectivity index (χ2v) is 6.88. The molecule has 2 radical (unpaired) electrons. The molecule has 132 valence electrons. The Morgan fingerprint density at radius 1 is 0.923 bits per heavy atom. The minimum Gasteiger partial charge on any atom is -0.365 e. The van der Waals surface area contributed by atoms with Gasteiger partial charge in [-0.05, 0) is 19.1 Å². The van der Waals surface area contributed by atoms with Crippen LogP contribution in [-0.4, -0.2) is 73.4 Å². The molecule has 4 aliphatic rings. The predicted octanol–water partition coefficient (Wildman–Crippen LogP) is 0.108. The third-order valence-corrected chi connectivity index (χ3v) is 4.73. The Hall–Kier alpha value is -2.57. The van der Waals surface area contributed by atoms with Crippen molar-refractivity contribution in [3.05, 3.63) is 52.7 Å². The van der Waals surface area contributed by atoms with Crippen LogP contribution in [0.3, 0.4) is 0 Å². The number of ketones is 2. The molecular weight excluding hydrogens is 332 g/mol. The van der Waals surface area contributed by atoms with Crippen molar-refractivity contribution in [2.75, 3.05) is 39.3 Å². The second kappa shape index (κ2) is 6.30. The van der Waals surface area contributed by atoms with Crippen molar-refractivity contribution in [2.24, 2.45) is 0 Å². The number of hydrogen-bond acceptors (Lipinski definition) is 5. The highest BCUT2D eigenvalue weighted by molar-refractivity contribution is 6.33. The number of halogens is 1. The van der Waals surface area contributed by atoms with Crippen LogP contribution in [0.2, 0.25) is 0 Å². The first kappa shape index (κ1) is 16.9. The summed E-state index contributed by atoms with van der Waals surface area (Å²) in [6.07, 6.45) is 1.52. The fraction of sp³-hybridized carbons (Fsp3) is 0.368. The lowest BCUT2D eigenvalue weighted by Gasteiger charge is -2.21. The number of carbonyl (C=O) groups excluding carboxylic acids is 2. The molecule has 0 bridgehead atoms. The van der Waals surface area contributed by atoms with E-state index < -0.39 is 0 Å². The molecule has 3 aliphatic heterocycles. The third-order valence-electron chi connectivity index (χ3n) is 4.73. The zero-order valence-electron chi connectivity index (χ0n) is 14.7. The number of allylic oxidation sites excluding steroid dienone is 1. The molecule has 0 spiro atoms. The zero-order valence-corrected chi connectivity index (χ0v) is 14.7. The molecule has 3 heterocycles. The summed E-state index contributed by atoms with van der Waals surface area (Å²) in [5, 5.41) is 0. The highest BCUT2D eigenvalue weighted by Gasteiger charge is 2.43. The molecule has 3 saturated heterocycles. The first-order valence-corrected chi connectivity index (χ1v) is 8.77. The summed E-state index contributed by atoms with van der Waals surface area (Å²) in [4.78, 5) is 30.5. The van der Waals surface area contributed by atoms with Gasteiger partial charge in [0.1, 0.15) is 25.1 Å². The summed E-state index contributed by atoms with van der Waals surface area (Å²) < 4.78 is 12.3. The second-order valence-electron chi connectivity index (χ2n) is 6.88. The number of carbonyl (C=O) groups is 2. The Balaban J connectivity index is 0.000000160. The molecule has 0 atom stereocenters. The lowest BCUT2D eigenvalue weighted by atomic mass is 9.91. The molecule has 26 heavy (non-hydrogen) atoms. The zero-order chi connectivity index (χ0) is 18.4. The van der Waals surface area contributed by atoms with Crippen LogP contribution in [0.4, 0.5) is 4.39 Å². The molecule has 1 aromatic carbocycles. The number of nitrogens with zero attached hydrogens (tertiary/aromatic N) is 3. The van der Waals surface area contributed by atoms with E-state index >= 15 is 0 Å². The molecule has 0 aromatic heterocycles. The number of rotatable bonds is 3. The smallest absolute Gasteiger partial charge is 0.227 e. The molecule has 0 saturated carbocycles. The van der Waals surface area contributed by atoms with Crippen LogP contribution in [0.25, 0.3) is 0 Å². The van der Waals surface area contributed by atoms with Crippen LogP contribution >= 0.6 is 0 Å². The molecule has 0 unspecified atom stereocenters. The van der Waals surface area contributed by atoms with Gasteiger partial charge in [0.05, 0.1) is 5.70 Å². The normalized spacial score (nSPS) is 20.7. The van der Waals surface area contributed by atoms with Crippen LogP contribution in [-0.2, 0) is 9.59 Å². The molecule has 5 nitrogen and oxygen atoms in total. The molecular formula is C19H19BFN3O2. The Bertz CT molecular complexity index is 852. The van der Waals surface area contributed by atoms with E-state index in [1.807, 2.05) is 21.6 Å². The van der Waals surface area contributed by atoms with Crippen molar-refractivity contribution in [1.82, 2.24) is 14.7 Å². The summed E-state index contributed by atoms with van der Waals surface area (Å²) >= 11 is 0. The number of hydrogen-bond donors (Lipinski definition) is 0. The van der Waals surface area contributed by atoms with Gasteiger partial charge < -0.3 is 14.7 Å². The molecule has 0 N–H and O–H groups in total. The van der Waals surface area contributed by atoms with Gasteiger partial charge in [-0.15, -0.1) is 0 Å².